The Kier molecular flexibility index (Phi) is 3.46. The summed E-state index contributed by atoms with van der Waals surface area (Å²) in [6.45, 7) is 5.05. The van der Waals surface area contributed by atoms with Crippen LogP contribution >= 0.6 is 0 Å². The van der Waals surface area contributed by atoms with E-state index < -0.39 is 11.7 Å². The van der Waals surface area contributed by atoms with Crippen molar-refractivity contribution in [3.63, 3.8) is 0 Å². The molecule has 1 fully saturated rings. The van der Waals surface area contributed by atoms with Gasteiger partial charge in [0.15, 0.2) is 5.76 Å². The normalized spacial score (nSPS) is 17.4. The number of nitrogens with one attached hydrogen (secondary N) is 1. The average molecular weight is 274 g/mol. The smallest absolute Gasteiger partial charge is 0.344 e. The highest BCUT2D eigenvalue weighted by molar-refractivity contribution is 5.94. The van der Waals surface area contributed by atoms with Gasteiger partial charge in [0.05, 0.1) is 11.1 Å². The highest BCUT2D eigenvalue weighted by Crippen LogP contribution is 2.32. The fourth-order valence-corrected chi connectivity index (χ4v) is 2.70. The molecule has 20 heavy (non-hydrogen) atoms. The molecule has 5 heteroatoms. The third kappa shape index (κ3) is 2.19. The summed E-state index contributed by atoms with van der Waals surface area (Å²) in [6.07, 6.45) is -0.808. The molecule has 1 aromatic carbocycles. The zero-order chi connectivity index (χ0) is 14.1. The van der Waals surface area contributed by atoms with Gasteiger partial charge in [0, 0.05) is 31.6 Å². The Hall–Kier alpha value is -1.85. The van der Waals surface area contributed by atoms with Crippen molar-refractivity contribution in [3.05, 3.63) is 40.4 Å². The molecule has 5 nitrogen and oxygen atoms in total. The van der Waals surface area contributed by atoms with E-state index >= 15 is 0 Å². The number of aliphatic hydroxyl groups is 1. The molecule has 1 aliphatic heterocycles. The summed E-state index contributed by atoms with van der Waals surface area (Å²) in [5, 5.41) is 14.6. The van der Waals surface area contributed by atoms with E-state index in [1.54, 1.807) is 13.0 Å². The van der Waals surface area contributed by atoms with Gasteiger partial charge in [-0.15, -0.1) is 0 Å². The second-order valence-corrected chi connectivity index (χ2v) is 5.06. The van der Waals surface area contributed by atoms with Gasteiger partial charge in [0.25, 0.3) is 0 Å². The van der Waals surface area contributed by atoms with E-state index in [4.69, 9.17) is 4.42 Å². The number of anilines is 1. The summed E-state index contributed by atoms with van der Waals surface area (Å²) < 4.78 is 5.37. The third-order valence-corrected chi connectivity index (χ3v) is 3.65. The number of benzene rings is 1. The summed E-state index contributed by atoms with van der Waals surface area (Å²) in [5.41, 5.74) is 0.451. The van der Waals surface area contributed by atoms with E-state index in [1.807, 2.05) is 18.2 Å². The molecule has 1 atom stereocenters. The number of hydrogen-bond acceptors (Lipinski definition) is 5. The minimum absolute atomic E-state index is 0.357. The van der Waals surface area contributed by atoms with E-state index in [-0.39, 0.29) is 0 Å². The molecule has 2 heterocycles. The fraction of sp³-hybridized carbons (Fsp3) is 0.400. The van der Waals surface area contributed by atoms with Crippen LogP contribution in [0.1, 0.15) is 18.8 Å². The van der Waals surface area contributed by atoms with Gasteiger partial charge in [0.1, 0.15) is 6.10 Å². The quantitative estimate of drug-likeness (QED) is 0.863. The molecule has 0 aliphatic carbocycles. The molecule has 1 aliphatic rings. The number of fused-ring (bicyclic) bond motifs is 1. The van der Waals surface area contributed by atoms with Crippen LogP contribution in [0.5, 0.6) is 0 Å². The summed E-state index contributed by atoms with van der Waals surface area (Å²) in [7, 11) is 0. The van der Waals surface area contributed by atoms with Crippen LogP contribution in [-0.2, 0) is 0 Å². The van der Waals surface area contributed by atoms with Crippen molar-refractivity contribution in [1.82, 2.24) is 5.32 Å². The summed E-state index contributed by atoms with van der Waals surface area (Å²) >= 11 is 0. The van der Waals surface area contributed by atoms with Crippen LogP contribution in [0.4, 0.5) is 5.69 Å². The molecule has 1 saturated heterocycles. The van der Waals surface area contributed by atoms with Crippen LogP contribution in [0.3, 0.4) is 0 Å². The van der Waals surface area contributed by atoms with Gasteiger partial charge in [0.2, 0.25) is 0 Å². The Balaban J connectivity index is 2.27. The van der Waals surface area contributed by atoms with Crippen molar-refractivity contribution < 1.29 is 9.52 Å². The number of rotatable bonds is 2. The lowest BCUT2D eigenvalue weighted by Crippen LogP contribution is -2.44. The highest BCUT2D eigenvalue weighted by atomic mass is 16.4. The molecule has 1 unspecified atom stereocenters. The minimum atomic E-state index is -0.808. The van der Waals surface area contributed by atoms with Crippen LogP contribution in [0, 0.1) is 0 Å². The molecule has 0 bridgehead atoms. The molecule has 3 rings (SSSR count). The first-order chi connectivity index (χ1) is 9.68. The second kappa shape index (κ2) is 5.26. The molecule has 1 aromatic heterocycles. The van der Waals surface area contributed by atoms with Crippen molar-refractivity contribution >= 4 is 16.5 Å². The first-order valence-corrected chi connectivity index (χ1v) is 6.88. The van der Waals surface area contributed by atoms with Crippen LogP contribution < -0.4 is 15.8 Å². The highest BCUT2D eigenvalue weighted by Gasteiger charge is 2.23. The Morgan fingerprint density at radius 3 is 2.55 bits per heavy atom. The lowest BCUT2D eigenvalue weighted by molar-refractivity contribution is 0.165. The molecule has 0 saturated carbocycles. The van der Waals surface area contributed by atoms with Crippen LogP contribution in [0.2, 0.25) is 0 Å². The number of piperazine rings is 1. The SMILES string of the molecule is CC(O)c1oc(=O)c2ccccc2c1N1CCNCC1. The van der Waals surface area contributed by atoms with Gasteiger partial charge in [-0.3, -0.25) is 0 Å². The van der Waals surface area contributed by atoms with Gasteiger partial charge in [-0.2, -0.15) is 0 Å². The number of nitrogens with zero attached hydrogens (tertiary/aromatic N) is 1. The van der Waals surface area contributed by atoms with Gasteiger partial charge < -0.3 is 19.7 Å². The molecular formula is C15H18N2O3. The zero-order valence-electron chi connectivity index (χ0n) is 11.4. The Morgan fingerprint density at radius 2 is 1.90 bits per heavy atom. The fourth-order valence-electron chi connectivity index (χ4n) is 2.70. The molecule has 0 spiro atoms. The standard InChI is InChI=1S/C15H18N2O3/c1-10(18)14-13(17-8-6-16-7-9-17)11-4-2-3-5-12(11)15(19)20-14/h2-5,10,16,18H,6-9H2,1H3. The molecular weight excluding hydrogens is 256 g/mol. The lowest BCUT2D eigenvalue weighted by Gasteiger charge is -2.31. The first-order valence-electron chi connectivity index (χ1n) is 6.88. The van der Waals surface area contributed by atoms with E-state index in [2.05, 4.69) is 10.2 Å². The first kappa shape index (κ1) is 13.1. The van der Waals surface area contributed by atoms with Gasteiger partial charge >= 0.3 is 5.63 Å². The largest absolute Gasteiger partial charge is 0.422 e. The average Bonchev–Trinajstić information content (AvgIpc) is 2.48. The number of aliphatic hydroxyl groups excluding tert-OH is 1. The van der Waals surface area contributed by atoms with Gasteiger partial charge in [-0.05, 0) is 13.0 Å². The zero-order valence-corrected chi connectivity index (χ0v) is 11.4. The van der Waals surface area contributed by atoms with Crippen molar-refractivity contribution in [1.29, 1.82) is 0 Å². The predicted octanol–water partition coefficient (Wildman–Crippen LogP) is 1.26. The van der Waals surface area contributed by atoms with Crippen LogP contribution in [0.15, 0.2) is 33.5 Å². The molecule has 0 amide bonds. The van der Waals surface area contributed by atoms with Gasteiger partial charge in [-0.25, -0.2) is 4.79 Å². The maximum Gasteiger partial charge on any atom is 0.344 e. The Bertz CT molecular complexity index is 672. The Morgan fingerprint density at radius 1 is 1.25 bits per heavy atom. The monoisotopic (exact) mass is 274 g/mol. The van der Waals surface area contributed by atoms with Crippen LogP contribution in [0.25, 0.3) is 10.8 Å². The third-order valence-electron chi connectivity index (χ3n) is 3.65. The second-order valence-electron chi connectivity index (χ2n) is 5.06. The van der Waals surface area contributed by atoms with Crippen molar-refractivity contribution in [3.8, 4) is 0 Å². The van der Waals surface area contributed by atoms with E-state index in [9.17, 15) is 9.90 Å². The van der Waals surface area contributed by atoms with Crippen molar-refractivity contribution in [2.75, 3.05) is 31.1 Å². The molecule has 0 radical (unpaired) electrons. The summed E-state index contributed by atoms with van der Waals surface area (Å²) in [4.78, 5) is 14.2. The maximum absolute atomic E-state index is 12.0. The van der Waals surface area contributed by atoms with E-state index in [0.717, 1.165) is 37.3 Å². The Labute approximate surface area is 116 Å². The molecule has 2 aromatic rings. The molecule has 106 valence electrons. The predicted molar refractivity (Wildman–Crippen MR) is 78.2 cm³/mol. The molecule has 2 N–H and O–H groups in total. The topological polar surface area (TPSA) is 65.7 Å². The summed E-state index contributed by atoms with van der Waals surface area (Å²) in [5.74, 6) is 0.357. The lowest BCUT2D eigenvalue weighted by atomic mass is 10.1. The number of hydrogen-bond donors (Lipinski definition) is 2. The van der Waals surface area contributed by atoms with E-state index in [1.165, 1.54) is 0 Å². The maximum atomic E-state index is 12.0. The summed E-state index contributed by atoms with van der Waals surface area (Å²) in [6, 6.07) is 7.40. The minimum Gasteiger partial charge on any atom is -0.422 e. The van der Waals surface area contributed by atoms with Crippen molar-refractivity contribution in [2.45, 2.75) is 13.0 Å². The van der Waals surface area contributed by atoms with Crippen molar-refractivity contribution in [2.24, 2.45) is 0 Å². The van der Waals surface area contributed by atoms with E-state index in [0.29, 0.717) is 11.1 Å². The van der Waals surface area contributed by atoms with Crippen LogP contribution in [-0.4, -0.2) is 31.3 Å². The van der Waals surface area contributed by atoms with Gasteiger partial charge in [-0.1, -0.05) is 18.2 Å².